The first-order valence-electron chi connectivity index (χ1n) is 7.05. The lowest BCUT2D eigenvalue weighted by atomic mass is 10.2. The van der Waals surface area contributed by atoms with Crippen molar-refractivity contribution in [3.63, 3.8) is 0 Å². The zero-order valence-corrected chi connectivity index (χ0v) is 12.1. The van der Waals surface area contributed by atoms with Crippen molar-refractivity contribution in [1.82, 2.24) is 15.1 Å². The van der Waals surface area contributed by atoms with Crippen LogP contribution in [-0.4, -0.2) is 67.8 Å². The summed E-state index contributed by atoms with van der Waals surface area (Å²) < 4.78 is 36.1. The second-order valence-electron chi connectivity index (χ2n) is 5.46. The third kappa shape index (κ3) is 6.10. The van der Waals surface area contributed by atoms with E-state index in [4.69, 9.17) is 0 Å². The number of hydrogen-bond acceptors (Lipinski definition) is 3. The Labute approximate surface area is 114 Å². The Balaban J connectivity index is 2.26. The summed E-state index contributed by atoms with van der Waals surface area (Å²) in [5.74, 6) is 0. The highest BCUT2D eigenvalue weighted by Gasteiger charge is 2.28. The molecule has 1 aliphatic heterocycles. The molecule has 1 rings (SSSR count). The monoisotopic (exact) mass is 281 g/mol. The van der Waals surface area contributed by atoms with Gasteiger partial charge in [-0.05, 0) is 39.9 Å². The largest absolute Gasteiger partial charge is 0.401 e. The molecule has 0 saturated carbocycles. The molecule has 6 heteroatoms. The average Bonchev–Trinajstić information content (AvgIpc) is 2.74. The Kier molecular flexibility index (Phi) is 6.56. The highest BCUT2D eigenvalue weighted by atomic mass is 19.4. The van der Waals surface area contributed by atoms with Gasteiger partial charge in [0.25, 0.3) is 0 Å². The molecule has 0 bridgehead atoms. The van der Waals surface area contributed by atoms with Crippen LogP contribution in [0.2, 0.25) is 0 Å². The second-order valence-corrected chi connectivity index (χ2v) is 5.46. The number of hydrogen-bond donors (Lipinski definition) is 1. The first kappa shape index (κ1) is 16.7. The zero-order valence-electron chi connectivity index (χ0n) is 12.1. The van der Waals surface area contributed by atoms with Crippen molar-refractivity contribution in [2.45, 2.75) is 44.9 Å². The number of nitrogens with zero attached hydrogens (tertiary/aromatic N) is 2. The van der Waals surface area contributed by atoms with Crippen LogP contribution < -0.4 is 5.32 Å². The van der Waals surface area contributed by atoms with E-state index in [9.17, 15) is 13.2 Å². The summed E-state index contributed by atoms with van der Waals surface area (Å²) in [7, 11) is 1.99. The molecule has 0 aliphatic carbocycles. The van der Waals surface area contributed by atoms with Gasteiger partial charge in [0.1, 0.15) is 0 Å². The number of likely N-dealkylation sites (N-methyl/N-ethyl adjacent to an activating group) is 2. The normalized spacial score (nSPS) is 23.2. The molecule has 1 fully saturated rings. The standard InChI is InChI=1S/C13H26F3N3/c1-4-19-7-5-6-12(19)9-18(3)11(2)8-17-10-13(14,15)16/h11-12,17H,4-10H2,1-3H3. The van der Waals surface area contributed by atoms with Crippen molar-refractivity contribution >= 4 is 0 Å². The Bertz CT molecular complexity index is 258. The molecule has 1 aliphatic rings. The summed E-state index contributed by atoms with van der Waals surface area (Å²) in [4.78, 5) is 4.61. The minimum absolute atomic E-state index is 0.113. The summed E-state index contributed by atoms with van der Waals surface area (Å²) in [6, 6.07) is 0.668. The van der Waals surface area contributed by atoms with Crippen LogP contribution in [0.3, 0.4) is 0 Å². The van der Waals surface area contributed by atoms with Crippen LogP contribution in [0.5, 0.6) is 0 Å². The Morgan fingerprint density at radius 1 is 1.42 bits per heavy atom. The summed E-state index contributed by atoms with van der Waals surface area (Å²) in [5.41, 5.74) is 0. The summed E-state index contributed by atoms with van der Waals surface area (Å²) in [5, 5.41) is 2.48. The summed E-state index contributed by atoms with van der Waals surface area (Å²) >= 11 is 0. The molecule has 1 saturated heterocycles. The molecular weight excluding hydrogens is 255 g/mol. The third-order valence-electron chi connectivity index (χ3n) is 3.92. The number of rotatable bonds is 7. The molecule has 19 heavy (non-hydrogen) atoms. The van der Waals surface area contributed by atoms with E-state index in [2.05, 4.69) is 22.0 Å². The first-order chi connectivity index (χ1) is 8.83. The molecule has 114 valence electrons. The smallest absolute Gasteiger partial charge is 0.307 e. The van der Waals surface area contributed by atoms with Crippen LogP contribution in [0.1, 0.15) is 26.7 Å². The van der Waals surface area contributed by atoms with E-state index in [0.717, 1.165) is 19.6 Å². The van der Waals surface area contributed by atoms with Crippen molar-refractivity contribution in [3.8, 4) is 0 Å². The first-order valence-corrected chi connectivity index (χ1v) is 7.05. The molecule has 0 radical (unpaired) electrons. The highest BCUT2D eigenvalue weighted by Crippen LogP contribution is 2.18. The maximum atomic E-state index is 12.0. The lowest BCUT2D eigenvalue weighted by Gasteiger charge is -2.31. The molecule has 0 aromatic heterocycles. The number of nitrogens with one attached hydrogen (secondary N) is 1. The van der Waals surface area contributed by atoms with Gasteiger partial charge in [-0.2, -0.15) is 13.2 Å². The molecule has 2 unspecified atom stereocenters. The van der Waals surface area contributed by atoms with Gasteiger partial charge in [-0.15, -0.1) is 0 Å². The third-order valence-corrected chi connectivity index (χ3v) is 3.92. The number of halogens is 3. The molecule has 3 nitrogen and oxygen atoms in total. The van der Waals surface area contributed by atoms with Gasteiger partial charge in [0.2, 0.25) is 0 Å². The second kappa shape index (κ2) is 7.45. The maximum absolute atomic E-state index is 12.0. The minimum Gasteiger partial charge on any atom is -0.307 e. The van der Waals surface area contributed by atoms with Crippen LogP contribution >= 0.6 is 0 Å². The summed E-state index contributed by atoms with van der Waals surface area (Å²) in [6.45, 7) is 6.73. The minimum atomic E-state index is -4.12. The maximum Gasteiger partial charge on any atom is 0.401 e. The lowest BCUT2D eigenvalue weighted by Crippen LogP contribution is -2.46. The Morgan fingerprint density at radius 2 is 2.11 bits per heavy atom. The van der Waals surface area contributed by atoms with Gasteiger partial charge in [0.05, 0.1) is 6.54 Å². The van der Waals surface area contributed by atoms with Crippen molar-refractivity contribution in [2.24, 2.45) is 0 Å². The topological polar surface area (TPSA) is 18.5 Å². The van der Waals surface area contributed by atoms with Gasteiger partial charge < -0.3 is 10.2 Å². The van der Waals surface area contributed by atoms with Gasteiger partial charge in [-0.25, -0.2) is 0 Å². The molecule has 0 aromatic carbocycles. The molecule has 0 spiro atoms. The molecule has 0 amide bonds. The molecule has 2 atom stereocenters. The van der Waals surface area contributed by atoms with Crippen molar-refractivity contribution < 1.29 is 13.2 Å². The van der Waals surface area contributed by atoms with Crippen LogP contribution in [0, 0.1) is 0 Å². The van der Waals surface area contributed by atoms with E-state index in [1.54, 1.807) is 0 Å². The van der Waals surface area contributed by atoms with Gasteiger partial charge in [0.15, 0.2) is 0 Å². The fraction of sp³-hybridized carbons (Fsp3) is 1.00. The zero-order chi connectivity index (χ0) is 14.5. The van der Waals surface area contributed by atoms with E-state index in [-0.39, 0.29) is 6.04 Å². The average molecular weight is 281 g/mol. The van der Waals surface area contributed by atoms with E-state index < -0.39 is 12.7 Å². The fourth-order valence-corrected chi connectivity index (χ4v) is 2.61. The van der Waals surface area contributed by atoms with Gasteiger partial charge >= 0.3 is 6.18 Å². The van der Waals surface area contributed by atoms with Crippen molar-refractivity contribution in [3.05, 3.63) is 0 Å². The number of alkyl halides is 3. The SMILES string of the molecule is CCN1CCCC1CN(C)C(C)CNCC(F)(F)F. The van der Waals surface area contributed by atoms with E-state index in [1.807, 2.05) is 14.0 Å². The van der Waals surface area contributed by atoms with Crippen molar-refractivity contribution in [2.75, 3.05) is 39.8 Å². The quantitative estimate of drug-likeness (QED) is 0.769. The van der Waals surface area contributed by atoms with Crippen LogP contribution in [-0.2, 0) is 0 Å². The molecule has 0 aromatic rings. The van der Waals surface area contributed by atoms with Crippen molar-refractivity contribution in [1.29, 1.82) is 0 Å². The molecular formula is C13H26F3N3. The molecule has 1 N–H and O–H groups in total. The van der Waals surface area contributed by atoms with E-state index >= 15 is 0 Å². The predicted molar refractivity (Wildman–Crippen MR) is 71.3 cm³/mol. The van der Waals surface area contributed by atoms with Crippen LogP contribution in [0.25, 0.3) is 0 Å². The predicted octanol–water partition coefficient (Wildman–Crippen LogP) is 1.94. The van der Waals surface area contributed by atoms with Crippen LogP contribution in [0.4, 0.5) is 13.2 Å². The van der Waals surface area contributed by atoms with Gasteiger partial charge in [-0.3, -0.25) is 4.90 Å². The lowest BCUT2D eigenvalue weighted by molar-refractivity contribution is -0.125. The Hall–Kier alpha value is -0.330. The summed E-state index contributed by atoms with van der Waals surface area (Å²) in [6.07, 6.45) is -1.70. The fourth-order valence-electron chi connectivity index (χ4n) is 2.61. The van der Waals surface area contributed by atoms with Gasteiger partial charge in [-0.1, -0.05) is 6.92 Å². The van der Waals surface area contributed by atoms with Crippen LogP contribution in [0.15, 0.2) is 0 Å². The van der Waals surface area contributed by atoms with Gasteiger partial charge in [0, 0.05) is 25.2 Å². The number of likely N-dealkylation sites (tertiary alicyclic amines) is 1. The molecule has 1 heterocycles. The van der Waals surface area contributed by atoms with E-state index in [0.29, 0.717) is 12.6 Å². The van der Waals surface area contributed by atoms with E-state index in [1.165, 1.54) is 12.8 Å². The Morgan fingerprint density at radius 3 is 2.68 bits per heavy atom. The highest BCUT2D eigenvalue weighted by molar-refractivity contribution is 4.82.